The quantitative estimate of drug-likeness (QED) is 0.850. The highest BCUT2D eigenvalue weighted by atomic mass is 79.9. The number of aryl methyl sites for hydroxylation is 2. The summed E-state index contributed by atoms with van der Waals surface area (Å²) in [6.45, 7) is 4.22. The first-order chi connectivity index (χ1) is 9.56. The van der Waals surface area contributed by atoms with Crippen LogP contribution in [-0.2, 0) is 12.8 Å². The predicted octanol–water partition coefficient (Wildman–Crippen LogP) is 4.79. The van der Waals surface area contributed by atoms with E-state index in [1.807, 2.05) is 18.2 Å². The van der Waals surface area contributed by atoms with Gasteiger partial charge in [0.05, 0.1) is 4.47 Å². The predicted molar refractivity (Wildman–Crippen MR) is 83.4 cm³/mol. The second kappa shape index (κ2) is 6.51. The fourth-order valence-corrected chi connectivity index (χ4v) is 2.61. The second-order valence-corrected chi connectivity index (χ2v) is 5.67. The number of rotatable bonds is 4. The number of benzene rings is 2. The lowest BCUT2D eigenvalue weighted by Gasteiger charge is -2.15. The Morgan fingerprint density at radius 3 is 2.20 bits per heavy atom. The topological polar surface area (TPSA) is 20.2 Å². The molecule has 0 saturated heterocycles. The smallest absolute Gasteiger partial charge is 0.137 e. The summed E-state index contributed by atoms with van der Waals surface area (Å²) in [5, 5.41) is 10.4. The van der Waals surface area contributed by atoms with E-state index in [0.29, 0.717) is 10.0 Å². The summed E-state index contributed by atoms with van der Waals surface area (Å²) in [6.07, 6.45) is 1.11. The number of aliphatic hydroxyl groups excluding tert-OH is 1. The van der Waals surface area contributed by atoms with Crippen molar-refractivity contribution in [2.75, 3.05) is 0 Å². The van der Waals surface area contributed by atoms with E-state index in [4.69, 9.17) is 0 Å². The van der Waals surface area contributed by atoms with Crippen LogP contribution in [0.5, 0.6) is 0 Å². The average molecular weight is 337 g/mol. The molecule has 2 aromatic rings. The highest BCUT2D eigenvalue weighted by molar-refractivity contribution is 9.10. The molecule has 1 N–H and O–H groups in total. The summed E-state index contributed by atoms with van der Waals surface area (Å²) in [7, 11) is 0. The Morgan fingerprint density at radius 1 is 1.00 bits per heavy atom. The van der Waals surface area contributed by atoms with E-state index in [1.165, 1.54) is 17.2 Å². The molecular formula is C17H18BrFO. The molecule has 0 aromatic heterocycles. The van der Waals surface area contributed by atoms with Crippen LogP contribution in [-0.4, -0.2) is 5.11 Å². The lowest BCUT2D eigenvalue weighted by Crippen LogP contribution is -2.02. The van der Waals surface area contributed by atoms with Gasteiger partial charge < -0.3 is 5.11 Å². The summed E-state index contributed by atoms with van der Waals surface area (Å²) in [4.78, 5) is 0. The van der Waals surface area contributed by atoms with Crippen LogP contribution in [0.3, 0.4) is 0 Å². The van der Waals surface area contributed by atoms with Crippen molar-refractivity contribution >= 4 is 15.9 Å². The molecular weight excluding hydrogens is 319 g/mol. The zero-order valence-electron chi connectivity index (χ0n) is 11.7. The van der Waals surface area contributed by atoms with E-state index in [0.717, 1.165) is 18.4 Å². The van der Waals surface area contributed by atoms with Gasteiger partial charge in [0.25, 0.3) is 0 Å². The second-order valence-electron chi connectivity index (χ2n) is 4.81. The molecule has 0 bridgehead atoms. The standard InChI is InChI=1S/C17H18BrFO/c1-3-11-5-6-13(9-12(11)4-2)17(20)14-7-8-15(18)16(19)10-14/h5-10,17,20H,3-4H2,1-2H3. The maximum Gasteiger partial charge on any atom is 0.137 e. The van der Waals surface area contributed by atoms with Gasteiger partial charge in [-0.2, -0.15) is 0 Å². The number of halogens is 2. The van der Waals surface area contributed by atoms with Gasteiger partial charge in [0.15, 0.2) is 0 Å². The molecule has 3 heteroatoms. The Hall–Kier alpha value is -1.19. The Labute approximate surface area is 127 Å². The van der Waals surface area contributed by atoms with Crippen molar-refractivity contribution < 1.29 is 9.50 Å². The van der Waals surface area contributed by atoms with Crippen LogP contribution < -0.4 is 0 Å². The van der Waals surface area contributed by atoms with Crippen molar-refractivity contribution in [1.29, 1.82) is 0 Å². The molecule has 1 nitrogen and oxygen atoms in total. The largest absolute Gasteiger partial charge is 0.384 e. The third-order valence-corrected chi connectivity index (χ3v) is 4.21. The first-order valence-corrected chi connectivity index (χ1v) is 7.60. The third kappa shape index (κ3) is 3.10. The lowest BCUT2D eigenvalue weighted by molar-refractivity contribution is 0.219. The van der Waals surface area contributed by atoms with Gasteiger partial charge in [-0.15, -0.1) is 0 Å². The Balaban J connectivity index is 2.37. The van der Waals surface area contributed by atoms with Gasteiger partial charge in [-0.3, -0.25) is 0 Å². The van der Waals surface area contributed by atoms with Gasteiger partial charge in [0, 0.05) is 0 Å². The summed E-state index contributed by atoms with van der Waals surface area (Å²) in [6, 6.07) is 10.7. The van der Waals surface area contributed by atoms with E-state index in [1.54, 1.807) is 12.1 Å². The molecule has 0 heterocycles. The minimum atomic E-state index is -0.797. The maximum absolute atomic E-state index is 13.6. The van der Waals surface area contributed by atoms with Crippen molar-refractivity contribution in [3.05, 3.63) is 68.9 Å². The van der Waals surface area contributed by atoms with Gasteiger partial charge in [0.2, 0.25) is 0 Å². The molecule has 0 aliphatic carbocycles. The van der Waals surface area contributed by atoms with Crippen molar-refractivity contribution in [3.8, 4) is 0 Å². The van der Waals surface area contributed by atoms with Crippen LogP contribution in [0, 0.1) is 5.82 Å². The summed E-state index contributed by atoms with van der Waals surface area (Å²) in [5.41, 5.74) is 3.91. The first kappa shape index (κ1) is 15.2. The summed E-state index contributed by atoms with van der Waals surface area (Å²) >= 11 is 3.12. The van der Waals surface area contributed by atoms with E-state index in [-0.39, 0.29) is 5.82 Å². The van der Waals surface area contributed by atoms with Crippen molar-refractivity contribution in [2.45, 2.75) is 32.8 Å². The average Bonchev–Trinajstić information content (AvgIpc) is 2.48. The monoisotopic (exact) mass is 336 g/mol. The third-order valence-electron chi connectivity index (χ3n) is 3.57. The molecule has 0 radical (unpaired) electrons. The maximum atomic E-state index is 13.6. The summed E-state index contributed by atoms with van der Waals surface area (Å²) in [5.74, 6) is -0.359. The number of hydrogen-bond donors (Lipinski definition) is 1. The highest BCUT2D eigenvalue weighted by Gasteiger charge is 2.13. The zero-order chi connectivity index (χ0) is 14.7. The van der Waals surface area contributed by atoms with Crippen LogP contribution in [0.25, 0.3) is 0 Å². The van der Waals surface area contributed by atoms with Crippen LogP contribution in [0.4, 0.5) is 4.39 Å². The van der Waals surface area contributed by atoms with E-state index >= 15 is 0 Å². The molecule has 0 amide bonds. The molecule has 20 heavy (non-hydrogen) atoms. The fraction of sp³-hybridized carbons (Fsp3) is 0.294. The molecule has 0 spiro atoms. The minimum Gasteiger partial charge on any atom is -0.384 e. The zero-order valence-corrected chi connectivity index (χ0v) is 13.2. The molecule has 2 rings (SSSR count). The van der Waals surface area contributed by atoms with Crippen LogP contribution >= 0.6 is 15.9 Å². The molecule has 106 valence electrons. The fourth-order valence-electron chi connectivity index (χ4n) is 2.36. The van der Waals surface area contributed by atoms with Gasteiger partial charge in [0.1, 0.15) is 11.9 Å². The van der Waals surface area contributed by atoms with Gasteiger partial charge in [-0.1, -0.05) is 38.1 Å². The molecule has 0 saturated carbocycles. The molecule has 0 aliphatic heterocycles. The molecule has 2 aromatic carbocycles. The van der Waals surface area contributed by atoms with Crippen LogP contribution in [0.15, 0.2) is 40.9 Å². The highest BCUT2D eigenvalue weighted by Crippen LogP contribution is 2.27. The van der Waals surface area contributed by atoms with Crippen LogP contribution in [0.1, 0.15) is 42.2 Å². The molecule has 0 fully saturated rings. The lowest BCUT2D eigenvalue weighted by atomic mass is 9.95. The van der Waals surface area contributed by atoms with Crippen molar-refractivity contribution in [3.63, 3.8) is 0 Å². The van der Waals surface area contributed by atoms with Gasteiger partial charge in [-0.25, -0.2) is 4.39 Å². The van der Waals surface area contributed by atoms with E-state index < -0.39 is 6.10 Å². The Morgan fingerprint density at radius 2 is 1.60 bits per heavy atom. The number of hydrogen-bond acceptors (Lipinski definition) is 1. The van der Waals surface area contributed by atoms with Gasteiger partial charge in [-0.05, 0) is 63.2 Å². The number of aliphatic hydroxyl groups is 1. The van der Waals surface area contributed by atoms with E-state index in [9.17, 15) is 9.50 Å². The normalized spacial score (nSPS) is 12.4. The van der Waals surface area contributed by atoms with Gasteiger partial charge >= 0.3 is 0 Å². The molecule has 1 unspecified atom stereocenters. The van der Waals surface area contributed by atoms with Crippen LogP contribution in [0.2, 0.25) is 0 Å². The minimum absolute atomic E-state index is 0.359. The Bertz CT molecular complexity index is 610. The van der Waals surface area contributed by atoms with E-state index in [2.05, 4.69) is 29.8 Å². The molecule has 1 atom stereocenters. The first-order valence-electron chi connectivity index (χ1n) is 6.81. The molecule has 0 aliphatic rings. The Kier molecular flexibility index (Phi) is 4.95. The van der Waals surface area contributed by atoms with Crippen molar-refractivity contribution in [1.82, 2.24) is 0 Å². The van der Waals surface area contributed by atoms with Crippen molar-refractivity contribution in [2.24, 2.45) is 0 Å². The SMILES string of the molecule is CCc1ccc(C(O)c2ccc(Br)c(F)c2)cc1CC. The summed E-state index contributed by atoms with van der Waals surface area (Å²) < 4.78 is 14.0.